The molecule has 0 spiro atoms. The van der Waals surface area contributed by atoms with E-state index in [-0.39, 0.29) is 5.91 Å². The van der Waals surface area contributed by atoms with Gasteiger partial charge in [-0.1, -0.05) is 47.5 Å². The summed E-state index contributed by atoms with van der Waals surface area (Å²) >= 11 is 12.1. The van der Waals surface area contributed by atoms with Crippen LogP contribution in [0.15, 0.2) is 72.9 Å². The van der Waals surface area contributed by atoms with Gasteiger partial charge in [0.25, 0.3) is 5.91 Å². The van der Waals surface area contributed by atoms with E-state index >= 15 is 0 Å². The number of anilines is 1. The third kappa shape index (κ3) is 5.95. The van der Waals surface area contributed by atoms with E-state index < -0.39 is 0 Å². The monoisotopic (exact) mass is 479 g/mol. The molecule has 0 saturated heterocycles. The Hall–Kier alpha value is -3.28. The highest BCUT2D eigenvalue weighted by Gasteiger charge is 2.09. The second kappa shape index (κ2) is 10.1. The number of hydrogen-bond donors (Lipinski definition) is 1. The van der Waals surface area contributed by atoms with E-state index in [1.165, 1.54) is 0 Å². The molecule has 0 aliphatic heterocycles. The van der Waals surface area contributed by atoms with Crippen LogP contribution in [-0.2, 0) is 13.2 Å². The van der Waals surface area contributed by atoms with E-state index in [2.05, 4.69) is 10.4 Å². The predicted molar refractivity (Wildman–Crippen MR) is 132 cm³/mol. The first kappa shape index (κ1) is 22.9. The molecule has 0 radical (unpaired) electrons. The summed E-state index contributed by atoms with van der Waals surface area (Å²) in [5.41, 5.74) is 4.54. The Morgan fingerprint density at radius 1 is 0.939 bits per heavy atom. The van der Waals surface area contributed by atoms with Crippen LogP contribution in [0.3, 0.4) is 0 Å². The van der Waals surface area contributed by atoms with Crippen molar-refractivity contribution >= 4 is 34.9 Å². The molecule has 33 heavy (non-hydrogen) atoms. The van der Waals surface area contributed by atoms with Gasteiger partial charge in [0, 0.05) is 27.9 Å². The summed E-state index contributed by atoms with van der Waals surface area (Å²) in [4.78, 5) is 12.6. The molecule has 1 heterocycles. The zero-order valence-electron chi connectivity index (χ0n) is 18.3. The van der Waals surface area contributed by atoms with Crippen LogP contribution < -0.4 is 10.1 Å². The molecule has 3 aromatic carbocycles. The third-order valence-corrected chi connectivity index (χ3v) is 6.02. The van der Waals surface area contributed by atoms with Gasteiger partial charge in [-0.15, -0.1) is 0 Å². The highest BCUT2D eigenvalue weighted by molar-refractivity contribution is 6.32. The number of nitrogens with zero attached hydrogens (tertiary/aromatic N) is 2. The maximum atomic E-state index is 12.6. The summed E-state index contributed by atoms with van der Waals surface area (Å²) in [5.74, 6) is 1.04. The number of nitrogens with one attached hydrogen (secondary N) is 1. The average molecular weight is 480 g/mol. The largest absolute Gasteiger partial charge is 0.489 e. The molecule has 0 unspecified atom stereocenters. The number of rotatable bonds is 7. The van der Waals surface area contributed by atoms with Crippen molar-refractivity contribution in [1.29, 1.82) is 0 Å². The number of carbonyl (C=O) groups excluding carboxylic acids is 1. The minimum Gasteiger partial charge on any atom is -0.489 e. The summed E-state index contributed by atoms with van der Waals surface area (Å²) < 4.78 is 7.65. The molecule has 1 aromatic heterocycles. The molecule has 1 N–H and O–H groups in total. The molecule has 0 bridgehead atoms. The van der Waals surface area contributed by atoms with Crippen molar-refractivity contribution < 1.29 is 9.53 Å². The first-order valence-corrected chi connectivity index (χ1v) is 11.2. The van der Waals surface area contributed by atoms with Crippen LogP contribution in [0.25, 0.3) is 0 Å². The van der Waals surface area contributed by atoms with Crippen LogP contribution in [0, 0.1) is 13.8 Å². The number of ether oxygens (including phenoxy) is 1. The van der Waals surface area contributed by atoms with E-state index in [9.17, 15) is 4.79 Å². The number of carbonyl (C=O) groups is 1. The van der Waals surface area contributed by atoms with Crippen LogP contribution in [0.2, 0.25) is 10.0 Å². The Bertz CT molecular complexity index is 1240. The minimum absolute atomic E-state index is 0.219. The molecule has 0 aliphatic carbocycles. The fourth-order valence-corrected chi connectivity index (χ4v) is 3.63. The van der Waals surface area contributed by atoms with Crippen molar-refractivity contribution in [2.45, 2.75) is 27.0 Å². The Kier molecular flexibility index (Phi) is 7.02. The Labute approximate surface area is 202 Å². The predicted octanol–water partition coefficient (Wildman–Crippen LogP) is 6.69. The summed E-state index contributed by atoms with van der Waals surface area (Å²) in [6.07, 6.45) is 1.82. The second-order valence-electron chi connectivity index (χ2n) is 7.84. The zero-order valence-corrected chi connectivity index (χ0v) is 19.8. The van der Waals surface area contributed by atoms with Gasteiger partial charge >= 0.3 is 0 Å². The normalized spacial score (nSPS) is 10.8. The molecule has 5 nitrogen and oxygen atoms in total. The van der Waals surface area contributed by atoms with E-state index in [1.807, 2.05) is 68.6 Å². The van der Waals surface area contributed by atoms with Crippen LogP contribution >= 0.6 is 23.2 Å². The third-order valence-electron chi connectivity index (χ3n) is 5.17. The van der Waals surface area contributed by atoms with E-state index in [0.717, 1.165) is 33.0 Å². The average Bonchev–Trinajstić information content (AvgIpc) is 3.24. The van der Waals surface area contributed by atoms with Crippen LogP contribution in [0.4, 0.5) is 5.82 Å². The van der Waals surface area contributed by atoms with Gasteiger partial charge in [-0.05, 0) is 72.5 Å². The molecule has 0 aliphatic rings. The Morgan fingerprint density at radius 3 is 2.24 bits per heavy atom. The van der Waals surface area contributed by atoms with Crippen LogP contribution in [0.5, 0.6) is 5.75 Å². The fourth-order valence-electron chi connectivity index (χ4n) is 3.39. The molecule has 1 amide bonds. The maximum Gasteiger partial charge on any atom is 0.256 e. The molecule has 4 aromatic rings. The van der Waals surface area contributed by atoms with Gasteiger partial charge < -0.3 is 10.1 Å². The van der Waals surface area contributed by atoms with Gasteiger partial charge in [-0.2, -0.15) is 5.10 Å². The number of halogens is 2. The number of amides is 1. The summed E-state index contributed by atoms with van der Waals surface area (Å²) in [6.45, 7) is 4.90. The van der Waals surface area contributed by atoms with Crippen molar-refractivity contribution in [2.75, 3.05) is 5.32 Å². The Balaban J connectivity index is 1.33. The molecule has 0 atom stereocenters. The highest BCUT2D eigenvalue weighted by Crippen LogP contribution is 2.26. The van der Waals surface area contributed by atoms with Gasteiger partial charge in [0.2, 0.25) is 0 Å². The SMILES string of the molecule is Cc1cc(OCc2ccc(C(=O)Nc3ccn(Cc4ccc(Cl)cc4)n3)cc2)cc(C)c1Cl. The molecule has 4 rings (SSSR count). The summed E-state index contributed by atoms with van der Waals surface area (Å²) in [7, 11) is 0. The second-order valence-corrected chi connectivity index (χ2v) is 8.65. The molecule has 0 saturated carbocycles. The lowest BCUT2D eigenvalue weighted by Gasteiger charge is -2.10. The first-order valence-electron chi connectivity index (χ1n) is 10.4. The lowest BCUT2D eigenvalue weighted by atomic mass is 10.1. The number of aryl methyl sites for hydroxylation is 2. The van der Waals surface area contributed by atoms with Gasteiger partial charge in [-0.25, -0.2) is 0 Å². The van der Waals surface area contributed by atoms with Crippen molar-refractivity contribution in [1.82, 2.24) is 9.78 Å². The van der Waals surface area contributed by atoms with Gasteiger partial charge in [0.1, 0.15) is 12.4 Å². The van der Waals surface area contributed by atoms with E-state index in [0.29, 0.717) is 29.6 Å². The molecule has 0 fully saturated rings. The molecule has 7 heteroatoms. The quantitative estimate of drug-likeness (QED) is 0.321. The minimum atomic E-state index is -0.219. The lowest BCUT2D eigenvalue weighted by molar-refractivity contribution is 0.102. The molecular formula is C26H23Cl2N3O2. The van der Waals surface area contributed by atoms with Gasteiger partial charge in [0.15, 0.2) is 5.82 Å². The van der Waals surface area contributed by atoms with Crippen LogP contribution in [-0.4, -0.2) is 15.7 Å². The van der Waals surface area contributed by atoms with Crippen molar-refractivity contribution in [3.05, 3.63) is 111 Å². The van der Waals surface area contributed by atoms with E-state index in [1.54, 1.807) is 22.9 Å². The molecular weight excluding hydrogens is 457 g/mol. The highest BCUT2D eigenvalue weighted by atomic mass is 35.5. The zero-order chi connectivity index (χ0) is 23.4. The topological polar surface area (TPSA) is 56.1 Å². The standard InChI is InChI=1S/C26H23Cl2N3O2/c1-17-13-23(14-18(2)25(17)28)33-16-20-3-7-21(8-4-20)26(32)29-24-11-12-31(30-24)15-19-5-9-22(27)10-6-19/h3-14H,15-16H2,1-2H3,(H,29,30,32). The molecule has 168 valence electrons. The van der Waals surface area contributed by atoms with Crippen LogP contribution in [0.1, 0.15) is 32.6 Å². The summed E-state index contributed by atoms with van der Waals surface area (Å²) in [5, 5.41) is 8.70. The Morgan fingerprint density at radius 2 is 1.58 bits per heavy atom. The van der Waals surface area contributed by atoms with Gasteiger partial charge in [0.05, 0.1) is 6.54 Å². The number of aromatic nitrogens is 2. The van der Waals surface area contributed by atoms with Crippen molar-refractivity contribution in [3.63, 3.8) is 0 Å². The smallest absolute Gasteiger partial charge is 0.256 e. The van der Waals surface area contributed by atoms with E-state index in [4.69, 9.17) is 27.9 Å². The summed E-state index contributed by atoms with van der Waals surface area (Å²) in [6, 6.07) is 20.5. The number of benzene rings is 3. The number of hydrogen-bond acceptors (Lipinski definition) is 3. The van der Waals surface area contributed by atoms with Gasteiger partial charge in [-0.3, -0.25) is 9.48 Å². The fraction of sp³-hybridized carbons (Fsp3) is 0.154. The lowest BCUT2D eigenvalue weighted by Crippen LogP contribution is -2.13. The maximum absolute atomic E-state index is 12.6. The first-order chi connectivity index (χ1) is 15.9. The van der Waals surface area contributed by atoms with Crippen molar-refractivity contribution in [3.8, 4) is 5.75 Å². The van der Waals surface area contributed by atoms with Crippen molar-refractivity contribution in [2.24, 2.45) is 0 Å².